The minimum atomic E-state index is -0.646. The Labute approximate surface area is 106 Å². The lowest BCUT2D eigenvalue weighted by Crippen LogP contribution is -2.16. The highest BCUT2D eigenvalue weighted by atomic mass is 16.6. The molecule has 2 aromatic heterocycles. The number of nitrogens with zero attached hydrogens (tertiary/aromatic N) is 5. The second-order valence-corrected chi connectivity index (χ2v) is 3.24. The van der Waals surface area contributed by atoms with E-state index in [-0.39, 0.29) is 23.3 Å². The summed E-state index contributed by atoms with van der Waals surface area (Å²) in [7, 11) is 0. The van der Waals surface area contributed by atoms with Crippen LogP contribution in [0.5, 0.6) is 0 Å². The number of nitrogens with two attached hydrogens (primary N) is 1. The summed E-state index contributed by atoms with van der Waals surface area (Å²) in [5, 5.41) is 17.7. The first-order valence-electron chi connectivity index (χ1n) is 5.05. The van der Waals surface area contributed by atoms with Crippen LogP contribution >= 0.6 is 0 Å². The number of hydrogen-bond donors (Lipinski definition) is 1. The first kappa shape index (κ1) is 12.4. The molecular formula is C10H8N6O3. The molecule has 0 unspecified atom stereocenters. The van der Waals surface area contributed by atoms with Crippen molar-refractivity contribution in [2.45, 2.75) is 0 Å². The molecule has 2 aromatic rings. The minimum absolute atomic E-state index is 0.0258. The molecule has 9 heteroatoms. The Bertz CT molecular complexity index is 634. The van der Waals surface area contributed by atoms with Gasteiger partial charge in [0.1, 0.15) is 4.92 Å². The van der Waals surface area contributed by atoms with Crippen LogP contribution < -0.4 is 5.73 Å². The second kappa shape index (κ2) is 5.49. The van der Waals surface area contributed by atoms with Gasteiger partial charge in [-0.1, -0.05) is 0 Å². The van der Waals surface area contributed by atoms with Gasteiger partial charge in [0, 0.05) is 12.4 Å². The van der Waals surface area contributed by atoms with Crippen molar-refractivity contribution in [2.24, 2.45) is 15.9 Å². The van der Waals surface area contributed by atoms with Crippen LogP contribution in [-0.2, 0) is 0 Å². The van der Waals surface area contributed by atoms with E-state index in [1.54, 1.807) is 6.07 Å². The van der Waals surface area contributed by atoms with Crippen molar-refractivity contribution in [3.8, 4) is 0 Å². The van der Waals surface area contributed by atoms with Crippen LogP contribution in [0, 0.1) is 10.1 Å². The average molecular weight is 260 g/mol. The number of amidine groups is 1. The topological polar surface area (TPSA) is 133 Å². The lowest BCUT2D eigenvalue weighted by Gasteiger charge is -1.93. The van der Waals surface area contributed by atoms with Crippen LogP contribution in [0.4, 0.5) is 5.88 Å². The maximum atomic E-state index is 10.4. The molecule has 2 N–H and O–H groups in total. The van der Waals surface area contributed by atoms with E-state index >= 15 is 0 Å². The predicted octanol–water partition coefficient (Wildman–Crippen LogP) is 0.717. The molecule has 0 amide bonds. The smallest absolute Gasteiger partial charge is 0.400 e. The number of nitro groups is 1. The summed E-state index contributed by atoms with van der Waals surface area (Å²) in [6.45, 7) is 0. The van der Waals surface area contributed by atoms with E-state index in [9.17, 15) is 10.1 Å². The normalized spacial score (nSPS) is 11.9. The molecule has 2 rings (SSSR count). The molecule has 0 spiro atoms. The fraction of sp³-hybridized carbons (Fsp3) is 0. The SMILES string of the molecule is N/C(=N\N=C/c1ccc([N+](=O)[O-])o1)c1ncccn1. The quantitative estimate of drug-likeness (QED) is 0.372. The third-order valence-electron chi connectivity index (χ3n) is 1.94. The highest BCUT2D eigenvalue weighted by Gasteiger charge is 2.10. The zero-order chi connectivity index (χ0) is 13.7. The summed E-state index contributed by atoms with van der Waals surface area (Å²) in [5.74, 6) is 0.0880. The second-order valence-electron chi connectivity index (χ2n) is 3.24. The summed E-state index contributed by atoms with van der Waals surface area (Å²) >= 11 is 0. The van der Waals surface area contributed by atoms with E-state index in [1.165, 1.54) is 30.7 Å². The van der Waals surface area contributed by atoms with Crippen molar-refractivity contribution in [2.75, 3.05) is 0 Å². The highest BCUT2D eigenvalue weighted by molar-refractivity contribution is 5.94. The lowest BCUT2D eigenvalue weighted by atomic mass is 10.5. The van der Waals surface area contributed by atoms with Gasteiger partial charge >= 0.3 is 5.88 Å². The third-order valence-corrected chi connectivity index (χ3v) is 1.94. The van der Waals surface area contributed by atoms with Crippen molar-refractivity contribution in [1.29, 1.82) is 0 Å². The molecule has 0 radical (unpaired) electrons. The maximum absolute atomic E-state index is 10.4. The number of furan rings is 1. The summed E-state index contributed by atoms with van der Waals surface area (Å²) in [6.07, 6.45) is 4.23. The Morgan fingerprint density at radius 1 is 1.42 bits per heavy atom. The van der Waals surface area contributed by atoms with E-state index in [0.717, 1.165) is 0 Å². The van der Waals surface area contributed by atoms with Crippen LogP contribution in [0.25, 0.3) is 0 Å². The number of aromatic nitrogens is 2. The Hall–Kier alpha value is -3.10. The Balaban J connectivity index is 2.08. The highest BCUT2D eigenvalue weighted by Crippen LogP contribution is 2.13. The van der Waals surface area contributed by atoms with Crippen LogP contribution in [-0.4, -0.2) is 26.9 Å². The van der Waals surface area contributed by atoms with E-state index in [0.29, 0.717) is 0 Å². The van der Waals surface area contributed by atoms with E-state index in [4.69, 9.17) is 10.2 Å². The van der Waals surface area contributed by atoms with Gasteiger partial charge in [0.05, 0.1) is 12.3 Å². The Morgan fingerprint density at radius 2 is 2.16 bits per heavy atom. The summed E-state index contributed by atoms with van der Waals surface area (Å²) in [5.41, 5.74) is 5.58. The zero-order valence-electron chi connectivity index (χ0n) is 9.50. The van der Waals surface area contributed by atoms with E-state index in [1.807, 2.05) is 0 Å². The molecule has 0 bridgehead atoms. The molecular weight excluding hydrogens is 252 g/mol. The zero-order valence-corrected chi connectivity index (χ0v) is 9.50. The molecule has 0 aliphatic rings. The summed E-state index contributed by atoms with van der Waals surface area (Å²) in [4.78, 5) is 17.5. The van der Waals surface area contributed by atoms with Crippen molar-refractivity contribution < 1.29 is 9.34 Å². The van der Waals surface area contributed by atoms with Crippen molar-refractivity contribution in [3.63, 3.8) is 0 Å². The average Bonchev–Trinajstić information content (AvgIpc) is 2.89. The molecule has 96 valence electrons. The largest absolute Gasteiger partial charge is 0.433 e. The van der Waals surface area contributed by atoms with Crippen molar-refractivity contribution in [3.05, 3.63) is 52.3 Å². The van der Waals surface area contributed by atoms with Gasteiger partial charge in [0.25, 0.3) is 0 Å². The molecule has 0 saturated heterocycles. The number of rotatable bonds is 4. The summed E-state index contributed by atoms with van der Waals surface area (Å²) < 4.78 is 4.84. The molecule has 0 atom stereocenters. The Morgan fingerprint density at radius 3 is 2.79 bits per heavy atom. The molecule has 0 fully saturated rings. The Kier molecular flexibility index (Phi) is 3.57. The van der Waals surface area contributed by atoms with Gasteiger partial charge in [-0.25, -0.2) is 9.97 Å². The molecule has 0 aliphatic carbocycles. The molecule has 0 aromatic carbocycles. The van der Waals surface area contributed by atoms with E-state index < -0.39 is 4.92 Å². The maximum Gasteiger partial charge on any atom is 0.433 e. The first-order chi connectivity index (χ1) is 9.16. The van der Waals surface area contributed by atoms with Gasteiger partial charge in [-0.2, -0.15) is 5.10 Å². The molecule has 2 heterocycles. The molecule has 19 heavy (non-hydrogen) atoms. The first-order valence-corrected chi connectivity index (χ1v) is 5.05. The lowest BCUT2D eigenvalue weighted by molar-refractivity contribution is -0.402. The van der Waals surface area contributed by atoms with Gasteiger partial charge < -0.3 is 10.2 Å². The molecule has 9 nitrogen and oxygen atoms in total. The van der Waals surface area contributed by atoms with Crippen LogP contribution in [0.15, 0.2) is 45.2 Å². The predicted molar refractivity (Wildman–Crippen MR) is 65.7 cm³/mol. The standard InChI is InChI=1S/C10H8N6O3/c11-9(10-12-4-1-5-13-10)15-14-6-7-2-3-8(19-7)16(17)18/h1-6H,(H2,11,15)/b14-6-. The monoisotopic (exact) mass is 260 g/mol. The number of hydrogen-bond acceptors (Lipinski definition) is 7. The minimum Gasteiger partial charge on any atom is -0.400 e. The van der Waals surface area contributed by atoms with Crippen LogP contribution in [0.1, 0.15) is 11.6 Å². The van der Waals surface area contributed by atoms with Crippen molar-refractivity contribution >= 4 is 17.9 Å². The molecule has 0 aliphatic heterocycles. The van der Waals surface area contributed by atoms with Gasteiger partial charge in [-0.15, -0.1) is 5.10 Å². The van der Waals surface area contributed by atoms with Gasteiger partial charge in [-0.05, 0) is 12.1 Å². The fourth-order valence-electron chi connectivity index (χ4n) is 1.13. The molecule has 0 saturated carbocycles. The van der Waals surface area contributed by atoms with Gasteiger partial charge in [0.15, 0.2) is 17.4 Å². The van der Waals surface area contributed by atoms with Gasteiger partial charge in [-0.3, -0.25) is 10.1 Å². The third kappa shape index (κ3) is 3.19. The summed E-state index contributed by atoms with van der Waals surface area (Å²) in [6, 6.07) is 4.25. The van der Waals surface area contributed by atoms with Crippen molar-refractivity contribution in [1.82, 2.24) is 9.97 Å². The van der Waals surface area contributed by atoms with Gasteiger partial charge in [0.2, 0.25) is 0 Å². The van der Waals surface area contributed by atoms with E-state index in [2.05, 4.69) is 20.2 Å². The van der Waals surface area contributed by atoms with Crippen LogP contribution in [0.3, 0.4) is 0 Å². The van der Waals surface area contributed by atoms with Crippen LogP contribution in [0.2, 0.25) is 0 Å². The fourth-order valence-corrected chi connectivity index (χ4v) is 1.13.